The van der Waals surface area contributed by atoms with E-state index in [-0.39, 0.29) is 5.28 Å². The van der Waals surface area contributed by atoms with Gasteiger partial charge in [0.25, 0.3) is 0 Å². The lowest BCUT2D eigenvalue weighted by Crippen LogP contribution is -1.93. The molecule has 1 fully saturated rings. The summed E-state index contributed by atoms with van der Waals surface area (Å²) in [5.41, 5.74) is 4.17. The van der Waals surface area contributed by atoms with E-state index in [4.69, 9.17) is 16.7 Å². The SMILES string of the molecule is Clc1nc(-c2c[nH]c3cnc(Br)cc23)c2nn(C3CC3)cc2n1. The van der Waals surface area contributed by atoms with Gasteiger partial charge in [0, 0.05) is 17.1 Å². The Hall–Kier alpha value is -1.99. The molecule has 0 spiro atoms. The molecule has 6 nitrogen and oxygen atoms in total. The Morgan fingerprint density at radius 2 is 2.17 bits per heavy atom. The fraction of sp³-hybridized carbons (Fsp3) is 0.200. The van der Waals surface area contributed by atoms with Crippen LogP contribution in [0.25, 0.3) is 33.2 Å². The van der Waals surface area contributed by atoms with Gasteiger partial charge in [0.2, 0.25) is 5.28 Å². The van der Waals surface area contributed by atoms with Crippen LogP contribution in [-0.4, -0.2) is 29.7 Å². The third-order valence-corrected chi connectivity index (χ3v) is 4.67. The van der Waals surface area contributed by atoms with Gasteiger partial charge in [-0.3, -0.25) is 4.68 Å². The summed E-state index contributed by atoms with van der Waals surface area (Å²) in [6.45, 7) is 0. The van der Waals surface area contributed by atoms with Crippen molar-refractivity contribution >= 4 is 49.5 Å². The lowest BCUT2D eigenvalue weighted by Gasteiger charge is -2.01. The van der Waals surface area contributed by atoms with Crippen LogP contribution >= 0.6 is 27.5 Å². The summed E-state index contributed by atoms with van der Waals surface area (Å²) in [7, 11) is 0. The van der Waals surface area contributed by atoms with Crippen LogP contribution in [-0.2, 0) is 0 Å². The predicted octanol–water partition coefficient (Wildman–Crippen LogP) is 4.12. The normalized spacial score (nSPS) is 14.9. The van der Waals surface area contributed by atoms with Crippen molar-refractivity contribution in [3.05, 3.63) is 34.5 Å². The molecule has 114 valence electrons. The average Bonchev–Trinajstić information content (AvgIpc) is 3.16. The van der Waals surface area contributed by atoms with Crippen LogP contribution in [0.15, 0.2) is 29.3 Å². The zero-order valence-corrected chi connectivity index (χ0v) is 14.1. The van der Waals surface area contributed by atoms with Gasteiger partial charge in [-0.15, -0.1) is 0 Å². The van der Waals surface area contributed by atoms with Crippen LogP contribution in [0.5, 0.6) is 0 Å². The molecular weight excluding hydrogens is 380 g/mol. The second-order valence-electron chi connectivity index (χ2n) is 5.67. The third-order valence-electron chi connectivity index (χ3n) is 4.06. The van der Waals surface area contributed by atoms with E-state index in [1.54, 1.807) is 6.20 Å². The maximum Gasteiger partial charge on any atom is 0.223 e. The molecule has 0 saturated heterocycles. The van der Waals surface area contributed by atoms with Crippen molar-refractivity contribution in [2.24, 2.45) is 0 Å². The van der Waals surface area contributed by atoms with E-state index in [0.717, 1.165) is 50.6 Å². The molecule has 5 rings (SSSR count). The van der Waals surface area contributed by atoms with E-state index < -0.39 is 0 Å². The predicted molar refractivity (Wildman–Crippen MR) is 91.4 cm³/mol. The fourth-order valence-corrected chi connectivity index (χ4v) is 3.31. The molecule has 1 aliphatic carbocycles. The number of nitrogens with one attached hydrogen (secondary N) is 1. The molecule has 0 aromatic carbocycles. The first-order chi connectivity index (χ1) is 11.2. The molecule has 8 heteroatoms. The summed E-state index contributed by atoms with van der Waals surface area (Å²) in [6.07, 6.45) is 7.97. The van der Waals surface area contributed by atoms with E-state index in [0.29, 0.717) is 6.04 Å². The lowest BCUT2D eigenvalue weighted by molar-refractivity contribution is 0.649. The minimum Gasteiger partial charge on any atom is -0.359 e. The van der Waals surface area contributed by atoms with Crippen molar-refractivity contribution < 1.29 is 0 Å². The first-order valence-electron chi connectivity index (χ1n) is 7.24. The quantitative estimate of drug-likeness (QED) is 0.413. The molecule has 1 saturated carbocycles. The van der Waals surface area contributed by atoms with Gasteiger partial charge in [0.1, 0.15) is 21.3 Å². The van der Waals surface area contributed by atoms with E-state index >= 15 is 0 Å². The maximum atomic E-state index is 6.14. The van der Waals surface area contributed by atoms with E-state index in [2.05, 4.69) is 35.9 Å². The number of hydrogen-bond donors (Lipinski definition) is 1. The van der Waals surface area contributed by atoms with Crippen LogP contribution in [0.2, 0.25) is 5.28 Å². The van der Waals surface area contributed by atoms with Crippen molar-refractivity contribution in [3.63, 3.8) is 0 Å². The number of pyridine rings is 1. The Morgan fingerprint density at radius 3 is 3.00 bits per heavy atom. The largest absolute Gasteiger partial charge is 0.359 e. The van der Waals surface area contributed by atoms with E-state index in [1.165, 1.54) is 0 Å². The van der Waals surface area contributed by atoms with Crippen molar-refractivity contribution in [1.29, 1.82) is 0 Å². The zero-order chi connectivity index (χ0) is 15.6. The van der Waals surface area contributed by atoms with E-state index in [1.807, 2.05) is 23.1 Å². The lowest BCUT2D eigenvalue weighted by atomic mass is 10.1. The molecule has 4 aromatic rings. The molecular formula is C15H10BrClN6. The van der Waals surface area contributed by atoms with Crippen LogP contribution < -0.4 is 0 Å². The third kappa shape index (κ3) is 2.14. The highest BCUT2D eigenvalue weighted by molar-refractivity contribution is 9.10. The molecule has 4 heterocycles. The first-order valence-corrected chi connectivity index (χ1v) is 8.41. The number of hydrogen-bond acceptors (Lipinski definition) is 4. The molecule has 0 aliphatic heterocycles. The summed E-state index contributed by atoms with van der Waals surface area (Å²) < 4.78 is 2.75. The molecule has 0 amide bonds. The van der Waals surface area contributed by atoms with Gasteiger partial charge in [0.15, 0.2) is 0 Å². The number of H-pyrrole nitrogens is 1. The smallest absolute Gasteiger partial charge is 0.223 e. The number of nitrogens with zero attached hydrogens (tertiary/aromatic N) is 5. The Labute approximate surface area is 144 Å². The number of rotatable bonds is 2. The molecule has 1 N–H and O–H groups in total. The minimum absolute atomic E-state index is 0.227. The molecule has 1 aliphatic rings. The summed E-state index contributed by atoms with van der Waals surface area (Å²) in [4.78, 5) is 16.2. The monoisotopic (exact) mass is 388 g/mol. The zero-order valence-electron chi connectivity index (χ0n) is 11.8. The summed E-state index contributed by atoms with van der Waals surface area (Å²) in [6, 6.07) is 2.44. The van der Waals surface area contributed by atoms with Crippen molar-refractivity contribution in [1.82, 2.24) is 29.7 Å². The number of aromatic amines is 1. The maximum absolute atomic E-state index is 6.14. The average molecular weight is 390 g/mol. The minimum atomic E-state index is 0.227. The molecule has 4 aromatic heterocycles. The highest BCUT2D eigenvalue weighted by Gasteiger charge is 2.26. The highest BCUT2D eigenvalue weighted by atomic mass is 79.9. The van der Waals surface area contributed by atoms with Crippen LogP contribution in [0.3, 0.4) is 0 Å². The van der Waals surface area contributed by atoms with Gasteiger partial charge < -0.3 is 4.98 Å². The van der Waals surface area contributed by atoms with Gasteiger partial charge in [-0.2, -0.15) is 5.10 Å². The molecule has 0 unspecified atom stereocenters. The summed E-state index contributed by atoms with van der Waals surface area (Å²) in [5, 5.41) is 5.94. The van der Waals surface area contributed by atoms with Crippen LogP contribution in [0.1, 0.15) is 18.9 Å². The van der Waals surface area contributed by atoms with Crippen LogP contribution in [0, 0.1) is 0 Å². The highest BCUT2D eigenvalue weighted by Crippen LogP contribution is 2.37. The first kappa shape index (κ1) is 13.4. The number of halogens is 2. The van der Waals surface area contributed by atoms with E-state index in [9.17, 15) is 0 Å². The topological polar surface area (TPSA) is 72.3 Å². The molecule has 23 heavy (non-hydrogen) atoms. The fourth-order valence-electron chi connectivity index (χ4n) is 2.81. The van der Waals surface area contributed by atoms with Gasteiger partial charge in [-0.05, 0) is 46.4 Å². The standard InChI is InChI=1S/C15H10BrClN6/c16-12-3-8-9(4-18-10(8)5-19-12)13-14-11(20-15(17)21-13)6-23(22-14)7-1-2-7/h3-7,18H,1-2H2. The summed E-state index contributed by atoms with van der Waals surface area (Å²) in [5.74, 6) is 0. The molecule has 0 radical (unpaired) electrons. The Bertz CT molecular complexity index is 1060. The van der Waals surface area contributed by atoms with Gasteiger partial charge in [-0.1, -0.05) is 0 Å². The van der Waals surface area contributed by atoms with Crippen molar-refractivity contribution in [2.45, 2.75) is 18.9 Å². The van der Waals surface area contributed by atoms with Crippen LogP contribution in [0.4, 0.5) is 0 Å². The Balaban J connectivity index is 1.82. The van der Waals surface area contributed by atoms with Gasteiger partial charge >= 0.3 is 0 Å². The van der Waals surface area contributed by atoms with Gasteiger partial charge in [0.05, 0.1) is 24.0 Å². The second-order valence-corrected chi connectivity index (χ2v) is 6.82. The van der Waals surface area contributed by atoms with Crippen molar-refractivity contribution in [2.75, 3.05) is 0 Å². The number of fused-ring (bicyclic) bond motifs is 2. The Kier molecular flexibility index (Phi) is 2.78. The Morgan fingerprint density at radius 1 is 1.30 bits per heavy atom. The molecule has 0 atom stereocenters. The van der Waals surface area contributed by atoms with Gasteiger partial charge in [-0.25, -0.2) is 15.0 Å². The van der Waals surface area contributed by atoms with Crippen molar-refractivity contribution in [3.8, 4) is 11.3 Å². The summed E-state index contributed by atoms with van der Waals surface area (Å²) >= 11 is 9.55. The molecule has 0 bridgehead atoms. The second kappa shape index (κ2) is 4.75. The number of aromatic nitrogens is 6.